The molecule has 0 saturated heterocycles. The van der Waals surface area contributed by atoms with Gasteiger partial charge in [-0.15, -0.1) is 0 Å². The van der Waals surface area contributed by atoms with Crippen LogP contribution in [0, 0.1) is 23.2 Å². The summed E-state index contributed by atoms with van der Waals surface area (Å²) < 4.78 is 0. The van der Waals surface area contributed by atoms with Crippen molar-refractivity contribution in [3.8, 4) is 51.4 Å². The van der Waals surface area contributed by atoms with Crippen LogP contribution in [-0.2, 0) is 10.8 Å². The molecule has 4 aliphatic carbocycles. The van der Waals surface area contributed by atoms with E-state index in [1.807, 2.05) is 48.5 Å². The Morgan fingerprint density at radius 3 is 1.55 bits per heavy atom. The van der Waals surface area contributed by atoms with Gasteiger partial charge in [0.15, 0.2) is 17.5 Å². The Bertz CT molecular complexity index is 2060. The predicted octanol–water partition coefficient (Wildman–Crippen LogP) is 9.81. The van der Waals surface area contributed by atoms with Crippen LogP contribution >= 0.6 is 0 Å². The highest BCUT2D eigenvalue weighted by Crippen LogP contribution is 2.71. The van der Waals surface area contributed by atoms with E-state index in [2.05, 4.69) is 91.0 Å². The third-order valence-corrected chi connectivity index (χ3v) is 11.3. The first-order valence-corrected chi connectivity index (χ1v) is 16.7. The summed E-state index contributed by atoms with van der Waals surface area (Å²) in [6.45, 7) is 0. The smallest absolute Gasteiger partial charge is 0.164 e. The zero-order valence-corrected chi connectivity index (χ0v) is 26.2. The molecule has 4 nitrogen and oxygen atoms in total. The lowest BCUT2D eigenvalue weighted by atomic mass is 9.62. The number of benzene rings is 5. The van der Waals surface area contributed by atoms with Crippen LogP contribution in [0.1, 0.15) is 48.8 Å². The highest BCUT2D eigenvalue weighted by Gasteiger charge is 2.64. The molecule has 0 amide bonds. The normalized spacial score (nSPS) is 23.9. The van der Waals surface area contributed by atoms with Crippen molar-refractivity contribution in [3.05, 3.63) is 150 Å². The number of rotatable bonds is 6. The third-order valence-electron chi connectivity index (χ3n) is 11.3. The summed E-state index contributed by atoms with van der Waals surface area (Å²) in [7, 11) is 0. The molecule has 0 radical (unpaired) electrons. The second-order valence-electron chi connectivity index (χ2n) is 13.9. The zero-order valence-electron chi connectivity index (χ0n) is 26.2. The first-order valence-electron chi connectivity index (χ1n) is 16.7. The van der Waals surface area contributed by atoms with E-state index in [0.717, 1.165) is 34.1 Å². The monoisotopic (exact) mass is 606 g/mol. The van der Waals surface area contributed by atoms with Crippen molar-refractivity contribution in [1.82, 2.24) is 15.0 Å². The Morgan fingerprint density at radius 1 is 0.511 bits per heavy atom. The SMILES string of the molecule is N#Cc1ccc(-c2ccc(C34CC5CC3CC(c3ccc(-c6nc(-c7ccccc7)nc(-c7ccccc7)n6)cc3)(C5)C4)cc2)cc1. The Hall–Kier alpha value is -5.40. The summed E-state index contributed by atoms with van der Waals surface area (Å²) in [5.41, 5.74) is 9.51. The minimum atomic E-state index is 0.222. The van der Waals surface area contributed by atoms with Crippen molar-refractivity contribution in [3.63, 3.8) is 0 Å². The topological polar surface area (TPSA) is 62.5 Å². The van der Waals surface area contributed by atoms with Crippen molar-refractivity contribution in [2.75, 3.05) is 0 Å². The number of aromatic nitrogens is 3. The van der Waals surface area contributed by atoms with Gasteiger partial charge >= 0.3 is 0 Å². The molecule has 4 aliphatic rings. The largest absolute Gasteiger partial charge is 0.208 e. The maximum atomic E-state index is 9.18. The van der Waals surface area contributed by atoms with Crippen molar-refractivity contribution in [2.24, 2.45) is 11.8 Å². The van der Waals surface area contributed by atoms with Gasteiger partial charge in [0.1, 0.15) is 0 Å². The van der Waals surface area contributed by atoms with Gasteiger partial charge in [0.2, 0.25) is 0 Å². The molecule has 4 saturated carbocycles. The van der Waals surface area contributed by atoms with Gasteiger partial charge in [0.25, 0.3) is 0 Å². The van der Waals surface area contributed by atoms with Crippen LogP contribution in [0.15, 0.2) is 133 Å². The Labute approximate surface area is 275 Å². The first kappa shape index (κ1) is 27.9. The van der Waals surface area contributed by atoms with E-state index in [1.54, 1.807) is 0 Å². The molecule has 1 aromatic heterocycles. The Balaban J connectivity index is 1.03. The molecule has 4 atom stereocenters. The van der Waals surface area contributed by atoms with Gasteiger partial charge in [0, 0.05) is 16.7 Å². The fraction of sp³-hybridized carbons (Fsp3) is 0.209. The molecule has 0 aliphatic heterocycles. The van der Waals surface area contributed by atoms with Crippen LogP contribution in [0.4, 0.5) is 0 Å². The molecular formula is C43H34N4. The second-order valence-corrected chi connectivity index (χ2v) is 13.9. The van der Waals surface area contributed by atoms with Gasteiger partial charge in [0.05, 0.1) is 11.6 Å². The molecule has 0 spiro atoms. The van der Waals surface area contributed by atoms with Crippen molar-refractivity contribution < 1.29 is 0 Å². The molecule has 4 heteroatoms. The van der Waals surface area contributed by atoms with Gasteiger partial charge in [-0.25, -0.2) is 15.0 Å². The summed E-state index contributed by atoms with van der Waals surface area (Å²) in [6.07, 6.45) is 6.44. The summed E-state index contributed by atoms with van der Waals surface area (Å²) in [6, 6.07) is 49.0. The number of hydrogen-bond acceptors (Lipinski definition) is 4. The minimum absolute atomic E-state index is 0.222. The maximum absolute atomic E-state index is 9.18. The standard InChI is InChI=1S/C43H34N4/c44-27-29-11-13-31(14-12-29)32-15-21-37(22-16-32)43-25-30-23-38(43)26-42(24-30,28-43)36-19-17-35(18-20-36)41-46-39(33-7-3-1-4-8-33)45-40(47-41)34-9-5-2-6-10-34/h1-22,30,38H,23-26,28H2. The van der Waals surface area contributed by atoms with Crippen molar-refractivity contribution >= 4 is 0 Å². The van der Waals surface area contributed by atoms with E-state index in [1.165, 1.54) is 48.8 Å². The van der Waals surface area contributed by atoms with Gasteiger partial charge < -0.3 is 0 Å². The first-order chi connectivity index (χ1) is 23.1. The maximum Gasteiger partial charge on any atom is 0.164 e. The average Bonchev–Trinajstić information content (AvgIpc) is 3.54. The van der Waals surface area contributed by atoms with E-state index < -0.39 is 0 Å². The van der Waals surface area contributed by atoms with Crippen LogP contribution in [0.2, 0.25) is 0 Å². The summed E-state index contributed by atoms with van der Waals surface area (Å²) in [4.78, 5) is 14.8. The van der Waals surface area contributed by atoms with Gasteiger partial charge in [-0.1, -0.05) is 121 Å². The molecular weight excluding hydrogens is 573 g/mol. The molecule has 4 fully saturated rings. The summed E-state index contributed by atoms with van der Waals surface area (Å²) >= 11 is 0. The minimum Gasteiger partial charge on any atom is -0.208 e. The average molecular weight is 607 g/mol. The van der Waals surface area contributed by atoms with Gasteiger partial charge in [-0.2, -0.15) is 5.26 Å². The van der Waals surface area contributed by atoms with E-state index in [-0.39, 0.29) is 10.8 Å². The molecule has 47 heavy (non-hydrogen) atoms. The van der Waals surface area contributed by atoms with E-state index in [4.69, 9.17) is 15.0 Å². The fourth-order valence-electron chi connectivity index (χ4n) is 9.34. The molecule has 0 N–H and O–H groups in total. The highest BCUT2D eigenvalue weighted by molar-refractivity contribution is 5.67. The highest BCUT2D eigenvalue weighted by atomic mass is 15.0. The van der Waals surface area contributed by atoms with Gasteiger partial charge in [-0.05, 0) is 89.2 Å². The zero-order chi connectivity index (χ0) is 31.4. The van der Waals surface area contributed by atoms with E-state index in [0.29, 0.717) is 23.0 Å². The van der Waals surface area contributed by atoms with E-state index >= 15 is 0 Å². The van der Waals surface area contributed by atoms with Crippen LogP contribution < -0.4 is 0 Å². The molecule has 1 heterocycles. The van der Waals surface area contributed by atoms with Crippen molar-refractivity contribution in [1.29, 1.82) is 5.26 Å². The van der Waals surface area contributed by atoms with Crippen LogP contribution in [0.5, 0.6) is 0 Å². The molecule has 10 rings (SSSR count). The second kappa shape index (κ2) is 10.9. The lowest BCUT2D eigenvalue weighted by molar-refractivity contribution is 0.220. The predicted molar refractivity (Wildman–Crippen MR) is 186 cm³/mol. The molecule has 4 unspecified atom stereocenters. The van der Waals surface area contributed by atoms with Crippen LogP contribution in [0.3, 0.4) is 0 Å². The molecule has 4 bridgehead atoms. The lowest BCUT2D eigenvalue weighted by Gasteiger charge is -2.42. The third kappa shape index (κ3) is 4.69. The van der Waals surface area contributed by atoms with Crippen LogP contribution in [0.25, 0.3) is 45.3 Å². The molecule has 5 aromatic carbocycles. The Morgan fingerprint density at radius 2 is 1.00 bits per heavy atom. The van der Waals surface area contributed by atoms with Crippen LogP contribution in [-0.4, -0.2) is 15.0 Å². The quantitative estimate of drug-likeness (QED) is 0.189. The summed E-state index contributed by atoms with van der Waals surface area (Å²) in [5.74, 6) is 3.60. The number of hydrogen-bond donors (Lipinski definition) is 0. The Kier molecular flexibility index (Phi) is 6.43. The van der Waals surface area contributed by atoms with Gasteiger partial charge in [-0.3, -0.25) is 0 Å². The molecule has 226 valence electrons. The van der Waals surface area contributed by atoms with E-state index in [9.17, 15) is 5.26 Å². The van der Waals surface area contributed by atoms with Crippen molar-refractivity contribution in [2.45, 2.75) is 42.9 Å². The molecule has 6 aromatic rings. The number of nitrogens with zero attached hydrogens (tertiary/aromatic N) is 4. The summed E-state index contributed by atoms with van der Waals surface area (Å²) in [5, 5.41) is 9.18. The fourth-order valence-corrected chi connectivity index (χ4v) is 9.34. The number of nitriles is 1. The lowest BCUT2D eigenvalue weighted by Crippen LogP contribution is -2.35.